The van der Waals surface area contributed by atoms with Crippen molar-refractivity contribution in [3.63, 3.8) is 0 Å². The molecule has 6 nitrogen and oxygen atoms in total. The molecule has 3 rings (SSSR count). The molecule has 0 aliphatic rings. The molecule has 1 atom stereocenters. The van der Waals surface area contributed by atoms with Crippen LogP contribution < -0.4 is 5.32 Å². The van der Waals surface area contributed by atoms with Crippen LogP contribution in [0.1, 0.15) is 20.3 Å². The number of benzene rings is 2. The fourth-order valence-electron chi connectivity index (χ4n) is 2.90. The van der Waals surface area contributed by atoms with Gasteiger partial charge >= 0.3 is 0 Å². The van der Waals surface area contributed by atoms with E-state index in [0.29, 0.717) is 41.3 Å². The maximum Gasteiger partial charge on any atom is 0.233 e. The first-order valence-corrected chi connectivity index (χ1v) is 11.3. The van der Waals surface area contributed by atoms with Crippen molar-refractivity contribution in [2.45, 2.75) is 30.7 Å². The second-order valence-electron chi connectivity index (χ2n) is 6.67. The zero-order valence-corrected chi connectivity index (χ0v) is 18.9. The van der Waals surface area contributed by atoms with Crippen molar-refractivity contribution in [2.24, 2.45) is 0 Å². The fourth-order valence-corrected chi connectivity index (χ4v) is 4.00. The molecule has 0 aliphatic carbocycles. The van der Waals surface area contributed by atoms with Crippen LogP contribution in [0.15, 0.2) is 53.7 Å². The molecule has 0 saturated heterocycles. The van der Waals surface area contributed by atoms with E-state index in [9.17, 15) is 9.18 Å². The van der Waals surface area contributed by atoms with Gasteiger partial charge < -0.3 is 10.1 Å². The summed E-state index contributed by atoms with van der Waals surface area (Å²) in [6.45, 7) is 5.48. The van der Waals surface area contributed by atoms with Gasteiger partial charge in [0.25, 0.3) is 0 Å². The lowest BCUT2D eigenvalue weighted by atomic mass is 10.2. The number of hydrogen-bond donors (Lipinski definition) is 1. The van der Waals surface area contributed by atoms with Gasteiger partial charge in [-0.3, -0.25) is 9.36 Å². The number of aromatic nitrogens is 3. The third-order valence-electron chi connectivity index (χ3n) is 4.46. The van der Waals surface area contributed by atoms with Crippen molar-refractivity contribution in [1.82, 2.24) is 20.1 Å². The van der Waals surface area contributed by atoms with Gasteiger partial charge in [0.15, 0.2) is 11.0 Å². The van der Waals surface area contributed by atoms with Crippen LogP contribution in [0, 0.1) is 5.82 Å². The van der Waals surface area contributed by atoms with Crippen LogP contribution in [0.5, 0.6) is 0 Å². The number of carbonyl (C=O) groups excluding carboxylic acids is 1. The Morgan fingerprint density at radius 1 is 1.23 bits per heavy atom. The number of carbonyl (C=O) groups is 1. The lowest BCUT2D eigenvalue weighted by molar-refractivity contribution is -0.120. The van der Waals surface area contributed by atoms with Crippen LogP contribution in [-0.4, -0.2) is 45.7 Å². The van der Waals surface area contributed by atoms with Crippen molar-refractivity contribution in [3.05, 3.63) is 59.4 Å². The van der Waals surface area contributed by atoms with E-state index in [1.165, 1.54) is 17.8 Å². The third-order valence-corrected chi connectivity index (χ3v) is 5.83. The van der Waals surface area contributed by atoms with Crippen molar-refractivity contribution in [3.8, 4) is 17.1 Å². The maximum atomic E-state index is 14.7. The number of thioether (sulfide) groups is 1. The highest BCUT2D eigenvalue weighted by Crippen LogP contribution is 2.33. The number of nitrogens with zero attached hydrogens (tertiary/aromatic N) is 3. The first-order chi connectivity index (χ1) is 15.0. The molecular formula is C22H24ClFN4O2S. The zero-order valence-electron chi connectivity index (χ0n) is 17.3. The average molecular weight is 463 g/mol. The first kappa shape index (κ1) is 23.2. The van der Waals surface area contributed by atoms with Gasteiger partial charge in [0, 0.05) is 25.3 Å². The molecular weight excluding hydrogens is 439 g/mol. The molecule has 0 saturated carbocycles. The Morgan fingerprint density at radius 3 is 2.71 bits per heavy atom. The SMILES string of the molecule is CCOCCCNC(=O)C(C)Sc1nnc(-c2ccccc2Cl)n1-c1ccccc1F. The van der Waals surface area contributed by atoms with Gasteiger partial charge in [-0.15, -0.1) is 10.2 Å². The Balaban J connectivity index is 1.86. The van der Waals surface area contributed by atoms with Gasteiger partial charge in [0.05, 0.1) is 16.0 Å². The number of nitrogens with one attached hydrogen (secondary N) is 1. The Morgan fingerprint density at radius 2 is 1.97 bits per heavy atom. The molecule has 31 heavy (non-hydrogen) atoms. The molecule has 2 aromatic carbocycles. The van der Waals surface area contributed by atoms with Crippen molar-refractivity contribution in [2.75, 3.05) is 19.8 Å². The van der Waals surface area contributed by atoms with Crippen LogP contribution in [0.4, 0.5) is 4.39 Å². The maximum absolute atomic E-state index is 14.7. The third kappa shape index (κ3) is 5.84. The lowest BCUT2D eigenvalue weighted by Crippen LogP contribution is -2.32. The molecule has 0 spiro atoms. The smallest absolute Gasteiger partial charge is 0.233 e. The van der Waals surface area contributed by atoms with Crippen molar-refractivity contribution in [1.29, 1.82) is 0 Å². The van der Waals surface area contributed by atoms with Gasteiger partial charge in [-0.25, -0.2) is 4.39 Å². The highest BCUT2D eigenvalue weighted by molar-refractivity contribution is 8.00. The summed E-state index contributed by atoms with van der Waals surface area (Å²) in [6, 6.07) is 13.5. The van der Waals surface area contributed by atoms with Gasteiger partial charge in [-0.1, -0.05) is 47.6 Å². The van der Waals surface area contributed by atoms with E-state index in [1.54, 1.807) is 41.8 Å². The monoisotopic (exact) mass is 462 g/mol. The van der Waals surface area contributed by atoms with Gasteiger partial charge in [0.1, 0.15) is 5.82 Å². The molecule has 1 N–H and O–H groups in total. The average Bonchev–Trinajstić information content (AvgIpc) is 3.17. The first-order valence-electron chi connectivity index (χ1n) is 10.00. The summed E-state index contributed by atoms with van der Waals surface area (Å²) >= 11 is 7.57. The summed E-state index contributed by atoms with van der Waals surface area (Å²) in [6.07, 6.45) is 0.735. The van der Waals surface area contributed by atoms with E-state index < -0.39 is 11.1 Å². The summed E-state index contributed by atoms with van der Waals surface area (Å²) in [7, 11) is 0. The topological polar surface area (TPSA) is 69.0 Å². The summed E-state index contributed by atoms with van der Waals surface area (Å²) < 4.78 is 21.6. The second kappa shape index (κ2) is 11.3. The Hall–Kier alpha value is -2.42. The van der Waals surface area contributed by atoms with E-state index in [4.69, 9.17) is 16.3 Å². The number of hydrogen-bond acceptors (Lipinski definition) is 5. The second-order valence-corrected chi connectivity index (χ2v) is 8.39. The van der Waals surface area contributed by atoms with E-state index in [2.05, 4.69) is 15.5 Å². The van der Waals surface area contributed by atoms with Gasteiger partial charge in [-0.05, 0) is 44.5 Å². The lowest BCUT2D eigenvalue weighted by Gasteiger charge is -2.15. The summed E-state index contributed by atoms with van der Waals surface area (Å²) in [4.78, 5) is 12.5. The predicted octanol–water partition coefficient (Wildman–Crippen LogP) is 4.75. The van der Waals surface area contributed by atoms with Gasteiger partial charge in [-0.2, -0.15) is 0 Å². The molecule has 0 radical (unpaired) electrons. The summed E-state index contributed by atoms with van der Waals surface area (Å²) in [5.74, 6) is -0.156. The van der Waals surface area contributed by atoms with Gasteiger partial charge in [0.2, 0.25) is 5.91 Å². The molecule has 1 heterocycles. The standard InChI is InChI=1S/C22H24ClFN4O2S/c1-3-30-14-8-13-25-21(29)15(2)31-22-27-26-20(16-9-4-5-10-17(16)23)28(22)19-12-7-6-11-18(19)24/h4-7,9-12,15H,3,8,13-14H2,1-2H3,(H,25,29). The number of halogens is 2. The number of rotatable bonds is 10. The molecule has 1 amide bonds. The molecule has 3 aromatic rings. The predicted molar refractivity (Wildman–Crippen MR) is 121 cm³/mol. The van der Waals surface area contributed by atoms with Crippen LogP contribution in [-0.2, 0) is 9.53 Å². The summed E-state index contributed by atoms with van der Waals surface area (Å²) in [5, 5.41) is 11.8. The van der Waals surface area contributed by atoms with E-state index >= 15 is 0 Å². The van der Waals surface area contributed by atoms with E-state index in [1.807, 2.05) is 19.1 Å². The number of para-hydroxylation sites is 1. The molecule has 0 aliphatic heterocycles. The molecule has 1 aromatic heterocycles. The van der Waals surface area contributed by atoms with E-state index in [-0.39, 0.29) is 11.6 Å². The van der Waals surface area contributed by atoms with Crippen molar-refractivity contribution >= 4 is 29.3 Å². The largest absolute Gasteiger partial charge is 0.382 e. The normalized spacial score (nSPS) is 12.0. The zero-order chi connectivity index (χ0) is 22.2. The quantitative estimate of drug-likeness (QED) is 0.348. The van der Waals surface area contributed by atoms with Crippen LogP contribution in [0.25, 0.3) is 17.1 Å². The summed E-state index contributed by atoms with van der Waals surface area (Å²) in [5.41, 5.74) is 0.911. The van der Waals surface area contributed by atoms with E-state index in [0.717, 1.165) is 6.42 Å². The molecule has 1 unspecified atom stereocenters. The minimum absolute atomic E-state index is 0.135. The fraction of sp³-hybridized carbons (Fsp3) is 0.318. The minimum atomic E-state index is -0.457. The minimum Gasteiger partial charge on any atom is -0.382 e. The number of ether oxygens (including phenoxy) is 1. The Labute approximate surface area is 190 Å². The molecule has 0 fully saturated rings. The van der Waals surface area contributed by atoms with Crippen LogP contribution in [0.3, 0.4) is 0 Å². The Bertz CT molecular complexity index is 1030. The van der Waals surface area contributed by atoms with Crippen molar-refractivity contribution < 1.29 is 13.9 Å². The highest BCUT2D eigenvalue weighted by Gasteiger charge is 2.23. The highest BCUT2D eigenvalue weighted by atomic mass is 35.5. The molecule has 164 valence electrons. The number of amides is 1. The van der Waals surface area contributed by atoms with Crippen LogP contribution >= 0.6 is 23.4 Å². The molecule has 9 heteroatoms. The van der Waals surface area contributed by atoms with Crippen LogP contribution in [0.2, 0.25) is 5.02 Å². The molecule has 0 bridgehead atoms. The Kier molecular flexibility index (Phi) is 8.45.